The molecule has 1 aliphatic heterocycles. The van der Waals surface area contributed by atoms with E-state index in [0.29, 0.717) is 12.5 Å². The quantitative estimate of drug-likeness (QED) is 0.739. The largest absolute Gasteiger partial charge is 0.445 e. The van der Waals surface area contributed by atoms with Crippen LogP contribution in [0.4, 0.5) is 10.5 Å². The van der Waals surface area contributed by atoms with Gasteiger partial charge in [-0.1, -0.05) is 68.3 Å². The highest BCUT2D eigenvalue weighted by atomic mass is 16.5. The molecule has 162 valence electrons. The highest BCUT2D eigenvalue weighted by molar-refractivity contribution is 6.14. The van der Waals surface area contributed by atoms with E-state index in [2.05, 4.69) is 5.32 Å². The van der Waals surface area contributed by atoms with Crippen LogP contribution in [0.15, 0.2) is 59.6 Å². The number of ether oxygens (including phenoxy) is 1. The molecule has 6 heteroatoms. The van der Waals surface area contributed by atoms with E-state index in [0.717, 1.165) is 54.6 Å². The number of hydrogen-bond acceptors (Lipinski definition) is 4. The summed E-state index contributed by atoms with van der Waals surface area (Å²) in [6.07, 6.45) is 3.62. The Kier molecular flexibility index (Phi) is 6.65. The van der Waals surface area contributed by atoms with Crippen LogP contribution in [0.1, 0.15) is 50.2 Å². The highest BCUT2D eigenvalue weighted by Crippen LogP contribution is 2.34. The van der Waals surface area contributed by atoms with E-state index < -0.39 is 12.3 Å². The summed E-state index contributed by atoms with van der Waals surface area (Å²) in [6, 6.07) is 17.4. The molecule has 0 aromatic heterocycles. The number of rotatable bonds is 6. The summed E-state index contributed by atoms with van der Waals surface area (Å²) in [6.45, 7) is 2.75. The molecule has 0 bridgehead atoms. The number of carbonyl (C=O) groups excluding carboxylic acids is 2. The fourth-order valence-electron chi connectivity index (χ4n) is 4.41. The third-order valence-electron chi connectivity index (χ3n) is 5.90. The van der Waals surface area contributed by atoms with Gasteiger partial charge in [-0.2, -0.15) is 0 Å². The SMILES string of the molecule is CCCN1C(=O)[C@H](NC(=O)OCc2ccccc2)N=C(C2CCCC2)c2ccccc21. The van der Waals surface area contributed by atoms with E-state index in [-0.39, 0.29) is 12.5 Å². The van der Waals surface area contributed by atoms with Crippen molar-refractivity contribution < 1.29 is 14.3 Å². The van der Waals surface area contributed by atoms with Crippen molar-refractivity contribution in [1.29, 1.82) is 0 Å². The van der Waals surface area contributed by atoms with Crippen molar-refractivity contribution in [2.75, 3.05) is 11.4 Å². The maximum atomic E-state index is 13.4. The summed E-state index contributed by atoms with van der Waals surface area (Å²) in [4.78, 5) is 32.5. The number of amides is 2. The average molecular weight is 420 g/mol. The van der Waals surface area contributed by atoms with Gasteiger partial charge in [0.2, 0.25) is 6.17 Å². The van der Waals surface area contributed by atoms with Crippen LogP contribution in [-0.4, -0.2) is 30.4 Å². The normalized spacial score (nSPS) is 18.9. The third kappa shape index (κ3) is 4.79. The van der Waals surface area contributed by atoms with Crippen molar-refractivity contribution in [3.05, 3.63) is 65.7 Å². The molecule has 1 atom stereocenters. The van der Waals surface area contributed by atoms with Gasteiger partial charge in [0.15, 0.2) is 0 Å². The number of benzene rings is 2. The van der Waals surface area contributed by atoms with Gasteiger partial charge in [-0.15, -0.1) is 0 Å². The molecule has 0 unspecified atom stereocenters. The van der Waals surface area contributed by atoms with Crippen LogP contribution >= 0.6 is 0 Å². The van der Waals surface area contributed by atoms with Gasteiger partial charge < -0.3 is 9.64 Å². The van der Waals surface area contributed by atoms with Gasteiger partial charge in [0, 0.05) is 18.0 Å². The summed E-state index contributed by atoms with van der Waals surface area (Å²) in [5, 5.41) is 2.72. The van der Waals surface area contributed by atoms with Gasteiger partial charge in [-0.25, -0.2) is 4.79 Å². The number of aliphatic imine (C=N–C) groups is 1. The molecule has 1 saturated carbocycles. The second-order valence-electron chi connectivity index (χ2n) is 8.11. The molecule has 1 fully saturated rings. The molecular weight excluding hydrogens is 390 g/mol. The van der Waals surface area contributed by atoms with E-state index in [1.807, 2.05) is 61.5 Å². The van der Waals surface area contributed by atoms with Gasteiger partial charge in [0.05, 0.1) is 11.4 Å². The summed E-state index contributed by atoms with van der Waals surface area (Å²) in [7, 11) is 0. The number of alkyl carbamates (subject to hydrolysis) is 1. The van der Waals surface area contributed by atoms with Crippen molar-refractivity contribution in [3.63, 3.8) is 0 Å². The third-order valence-corrected chi connectivity index (χ3v) is 5.90. The van der Waals surface area contributed by atoms with Crippen molar-refractivity contribution in [2.45, 2.75) is 51.8 Å². The summed E-state index contributed by atoms with van der Waals surface area (Å²) >= 11 is 0. The Morgan fingerprint density at radius 1 is 1.10 bits per heavy atom. The molecule has 4 rings (SSSR count). The molecule has 1 heterocycles. The Labute approximate surface area is 183 Å². The van der Waals surface area contributed by atoms with Crippen LogP contribution in [0.25, 0.3) is 0 Å². The number of hydrogen-bond donors (Lipinski definition) is 1. The minimum Gasteiger partial charge on any atom is -0.445 e. The van der Waals surface area contributed by atoms with E-state index in [1.54, 1.807) is 4.90 Å². The summed E-state index contributed by atoms with van der Waals surface area (Å²) < 4.78 is 5.36. The van der Waals surface area contributed by atoms with E-state index in [4.69, 9.17) is 9.73 Å². The second-order valence-corrected chi connectivity index (χ2v) is 8.11. The molecule has 0 radical (unpaired) electrons. The lowest BCUT2D eigenvalue weighted by Crippen LogP contribution is -2.47. The number of fused-ring (bicyclic) bond motifs is 1. The maximum Gasteiger partial charge on any atom is 0.409 e. The zero-order chi connectivity index (χ0) is 21.6. The standard InChI is InChI=1S/C25H29N3O3/c1-2-16-28-21-15-9-8-14-20(21)22(19-12-6-7-13-19)26-23(24(28)29)27-25(30)31-17-18-10-4-3-5-11-18/h3-5,8-11,14-15,19,23H,2,6-7,12-13,16-17H2,1H3,(H,27,30)/t23-/m0/s1. The van der Waals surface area contributed by atoms with E-state index >= 15 is 0 Å². The molecule has 1 aliphatic carbocycles. The van der Waals surface area contributed by atoms with Crippen LogP contribution in [0.3, 0.4) is 0 Å². The summed E-state index contributed by atoms with van der Waals surface area (Å²) in [5.74, 6) is 0.0825. The second kappa shape index (κ2) is 9.77. The average Bonchev–Trinajstić information content (AvgIpc) is 3.30. The first-order chi connectivity index (χ1) is 15.2. The van der Waals surface area contributed by atoms with Crippen LogP contribution < -0.4 is 10.2 Å². The van der Waals surface area contributed by atoms with Gasteiger partial charge in [0.25, 0.3) is 5.91 Å². The zero-order valence-corrected chi connectivity index (χ0v) is 17.9. The molecule has 1 N–H and O–H groups in total. The first kappa shape index (κ1) is 21.1. The van der Waals surface area contributed by atoms with Crippen LogP contribution in [-0.2, 0) is 16.1 Å². The molecule has 6 nitrogen and oxygen atoms in total. The van der Waals surface area contributed by atoms with Crippen LogP contribution in [0.2, 0.25) is 0 Å². The minimum absolute atomic E-state index is 0.145. The Morgan fingerprint density at radius 3 is 2.55 bits per heavy atom. The van der Waals surface area contributed by atoms with E-state index in [9.17, 15) is 9.59 Å². The van der Waals surface area contributed by atoms with Gasteiger partial charge in [0.1, 0.15) is 6.61 Å². The van der Waals surface area contributed by atoms with Crippen LogP contribution in [0.5, 0.6) is 0 Å². The molecular formula is C25H29N3O3. The van der Waals surface area contributed by atoms with E-state index in [1.165, 1.54) is 0 Å². The molecule has 2 aliphatic rings. The maximum absolute atomic E-state index is 13.4. The number of nitrogens with one attached hydrogen (secondary N) is 1. The number of anilines is 1. The zero-order valence-electron chi connectivity index (χ0n) is 17.9. The number of nitrogens with zero attached hydrogens (tertiary/aromatic N) is 2. The van der Waals surface area contributed by atoms with Crippen molar-refractivity contribution in [1.82, 2.24) is 5.32 Å². The first-order valence-electron chi connectivity index (χ1n) is 11.1. The van der Waals surface area contributed by atoms with Crippen molar-refractivity contribution >= 4 is 23.4 Å². The van der Waals surface area contributed by atoms with Gasteiger partial charge in [-0.3, -0.25) is 15.1 Å². The Hall–Kier alpha value is -3.15. The summed E-state index contributed by atoms with van der Waals surface area (Å²) in [5.41, 5.74) is 3.69. The van der Waals surface area contributed by atoms with Gasteiger partial charge in [-0.05, 0) is 30.9 Å². The predicted octanol–water partition coefficient (Wildman–Crippen LogP) is 4.68. The fraction of sp³-hybridized carbons (Fsp3) is 0.400. The monoisotopic (exact) mass is 419 g/mol. The molecule has 2 aromatic rings. The lowest BCUT2D eigenvalue weighted by Gasteiger charge is -2.25. The predicted molar refractivity (Wildman–Crippen MR) is 121 cm³/mol. The van der Waals surface area contributed by atoms with Crippen LogP contribution in [0, 0.1) is 5.92 Å². The molecule has 2 aromatic carbocycles. The lowest BCUT2D eigenvalue weighted by molar-refractivity contribution is -0.120. The topological polar surface area (TPSA) is 71.0 Å². The molecule has 31 heavy (non-hydrogen) atoms. The Bertz CT molecular complexity index is 951. The Morgan fingerprint density at radius 2 is 1.81 bits per heavy atom. The molecule has 2 amide bonds. The first-order valence-corrected chi connectivity index (χ1v) is 11.1. The van der Waals surface area contributed by atoms with Gasteiger partial charge >= 0.3 is 6.09 Å². The number of para-hydroxylation sites is 1. The van der Waals surface area contributed by atoms with Crippen molar-refractivity contribution in [3.8, 4) is 0 Å². The minimum atomic E-state index is -0.988. The lowest BCUT2D eigenvalue weighted by atomic mass is 9.94. The fourth-order valence-corrected chi connectivity index (χ4v) is 4.41. The Balaban J connectivity index is 1.60. The smallest absolute Gasteiger partial charge is 0.409 e. The molecule has 0 spiro atoms. The highest BCUT2D eigenvalue weighted by Gasteiger charge is 2.35. The molecule has 0 saturated heterocycles. The number of carbonyl (C=O) groups is 2. The number of benzodiazepines with no additional fused rings is 1. The van der Waals surface area contributed by atoms with Crippen molar-refractivity contribution in [2.24, 2.45) is 10.9 Å².